The summed E-state index contributed by atoms with van der Waals surface area (Å²) in [5, 5.41) is 11.2. The number of aliphatic hydroxyl groups is 1. The number of piperidine rings is 1. The Morgan fingerprint density at radius 1 is 1.12 bits per heavy atom. The average Bonchev–Trinajstić information content (AvgIpc) is 2.97. The molecule has 0 amide bonds. The Hall–Kier alpha value is -0.120. The van der Waals surface area contributed by atoms with Crippen molar-refractivity contribution in [1.82, 2.24) is 4.90 Å². The third-order valence-corrected chi connectivity index (χ3v) is 5.82. The molecule has 2 aliphatic heterocycles. The fourth-order valence-corrected chi connectivity index (χ4v) is 4.63. The van der Waals surface area contributed by atoms with Gasteiger partial charge in [-0.25, -0.2) is 0 Å². The lowest BCUT2D eigenvalue weighted by Gasteiger charge is -2.51. The maximum atomic E-state index is 11.2. The van der Waals surface area contributed by atoms with E-state index in [0.717, 1.165) is 32.2 Å². The van der Waals surface area contributed by atoms with Crippen molar-refractivity contribution >= 4 is 0 Å². The van der Waals surface area contributed by atoms with Gasteiger partial charge in [0.25, 0.3) is 0 Å². The molecule has 0 bridgehead atoms. The number of hydrogen-bond donors (Lipinski definition) is 2. The predicted octanol–water partition coefficient (Wildman–Crippen LogP) is 1.49. The van der Waals surface area contributed by atoms with E-state index in [2.05, 4.69) is 4.90 Å². The van der Waals surface area contributed by atoms with Gasteiger partial charge < -0.3 is 15.7 Å². The monoisotopic (exact) mass is 238 g/mol. The summed E-state index contributed by atoms with van der Waals surface area (Å²) in [5.41, 5.74) is 5.62. The topological polar surface area (TPSA) is 49.5 Å². The van der Waals surface area contributed by atoms with E-state index in [1.54, 1.807) is 0 Å². The smallest absolute Gasteiger partial charge is 0.0742 e. The molecule has 2 saturated heterocycles. The molecule has 3 aliphatic rings. The van der Waals surface area contributed by atoms with Crippen molar-refractivity contribution < 1.29 is 5.11 Å². The van der Waals surface area contributed by atoms with Gasteiger partial charge in [0.1, 0.15) is 0 Å². The number of fused-ring (bicyclic) bond motifs is 1. The Bertz CT molecular complexity index is 288. The summed E-state index contributed by atoms with van der Waals surface area (Å²) < 4.78 is 0. The summed E-state index contributed by atoms with van der Waals surface area (Å²) in [6, 6.07) is 0.637. The van der Waals surface area contributed by atoms with Crippen LogP contribution in [0.4, 0.5) is 0 Å². The van der Waals surface area contributed by atoms with Gasteiger partial charge >= 0.3 is 0 Å². The Balaban J connectivity index is 1.80. The largest absolute Gasteiger partial charge is 0.389 e. The zero-order valence-electron chi connectivity index (χ0n) is 10.8. The molecule has 3 N–H and O–H groups in total. The molecule has 2 unspecified atom stereocenters. The summed E-state index contributed by atoms with van der Waals surface area (Å²) in [7, 11) is 0. The van der Waals surface area contributed by atoms with Crippen LogP contribution in [0.2, 0.25) is 0 Å². The Labute approximate surface area is 104 Å². The molecule has 3 heteroatoms. The first-order chi connectivity index (χ1) is 8.19. The molecule has 17 heavy (non-hydrogen) atoms. The van der Waals surface area contributed by atoms with Crippen molar-refractivity contribution in [2.75, 3.05) is 19.6 Å². The molecule has 2 atom stereocenters. The minimum Gasteiger partial charge on any atom is -0.389 e. The van der Waals surface area contributed by atoms with Gasteiger partial charge in [-0.05, 0) is 45.1 Å². The number of hydrogen-bond acceptors (Lipinski definition) is 3. The van der Waals surface area contributed by atoms with Crippen molar-refractivity contribution in [2.45, 2.75) is 63.0 Å². The lowest BCUT2D eigenvalue weighted by Crippen LogP contribution is -2.58. The van der Waals surface area contributed by atoms with Crippen LogP contribution in [-0.4, -0.2) is 41.3 Å². The van der Waals surface area contributed by atoms with E-state index in [1.165, 1.54) is 32.2 Å². The fourth-order valence-electron chi connectivity index (χ4n) is 4.63. The van der Waals surface area contributed by atoms with Crippen LogP contribution in [0.5, 0.6) is 0 Å². The molecule has 2 heterocycles. The molecule has 1 aliphatic carbocycles. The molecule has 3 rings (SSSR count). The molecule has 0 spiro atoms. The van der Waals surface area contributed by atoms with Crippen LogP contribution in [0, 0.1) is 5.41 Å². The van der Waals surface area contributed by atoms with Crippen molar-refractivity contribution in [3.8, 4) is 0 Å². The van der Waals surface area contributed by atoms with E-state index in [4.69, 9.17) is 5.73 Å². The highest BCUT2D eigenvalue weighted by molar-refractivity contribution is 5.07. The Morgan fingerprint density at radius 2 is 1.88 bits per heavy atom. The van der Waals surface area contributed by atoms with Gasteiger partial charge in [-0.3, -0.25) is 0 Å². The average molecular weight is 238 g/mol. The second-order valence-corrected chi connectivity index (χ2v) is 6.51. The first kappa shape index (κ1) is 11.9. The van der Waals surface area contributed by atoms with Crippen molar-refractivity contribution in [1.29, 1.82) is 0 Å². The highest BCUT2D eigenvalue weighted by Crippen LogP contribution is 2.51. The summed E-state index contributed by atoms with van der Waals surface area (Å²) in [4.78, 5) is 2.58. The van der Waals surface area contributed by atoms with Gasteiger partial charge in [0.05, 0.1) is 5.60 Å². The molecule has 0 radical (unpaired) electrons. The third kappa shape index (κ3) is 1.74. The maximum Gasteiger partial charge on any atom is 0.0742 e. The molecule has 0 aromatic carbocycles. The molecular weight excluding hydrogens is 212 g/mol. The molecule has 0 aromatic heterocycles. The van der Waals surface area contributed by atoms with Crippen LogP contribution in [0.25, 0.3) is 0 Å². The van der Waals surface area contributed by atoms with Crippen LogP contribution in [-0.2, 0) is 0 Å². The molecular formula is C14H26N2O. The zero-order valence-corrected chi connectivity index (χ0v) is 10.8. The van der Waals surface area contributed by atoms with E-state index in [-0.39, 0.29) is 5.41 Å². The van der Waals surface area contributed by atoms with Crippen LogP contribution < -0.4 is 5.73 Å². The number of rotatable bonds is 2. The maximum absolute atomic E-state index is 11.2. The van der Waals surface area contributed by atoms with Crippen LogP contribution in [0.3, 0.4) is 0 Å². The number of nitrogens with zero attached hydrogens (tertiary/aromatic N) is 1. The molecule has 1 saturated carbocycles. The van der Waals surface area contributed by atoms with E-state index < -0.39 is 5.60 Å². The van der Waals surface area contributed by atoms with Gasteiger partial charge in [0.2, 0.25) is 0 Å². The summed E-state index contributed by atoms with van der Waals surface area (Å²) >= 11 is 0. The van der Waals surface area contributed by atoms with Crippen molar-refractivity contribution in [3.05, 3.63) is 0 Å². The van der Waals surface area contributed by atoms with Crippen LogP contribution in [0.1, 0.15) is 51.4 Å². The standard InChI is InChI=1S/C14H26N2O/c15-11-13(5-1-2-6-13)14(17)7-9-16-8-3-4-12(16)10-14/h12,17H,1-11,15H2. The van der Waals surface area contributed by atoms with Gasteiger partial charge in [0.15, 0.2) is 0 Å². The number of nitrogens with two attached hydrogens (primary N) is 1. The normalized spacial score (nSPS) is 41.6. The van der Waals surface area contributed by atoms with Gasteiger partial charge in [-0.1, -0.05) is 12.8 Å². The van der Waals surface area contributed by atoms with Crippen molar-refractivity contribution in [2.24, 2.45) is 11.1 Å². The van der Waals surface area contributed by atoms with Crippen LogP contribution >= 0.6 is 0 Å². The lowest BCUT2D eigenvalue weighted by atomic mass is 9.64. The molecule has 3 nitrogen and oxygen atoms in total. The summed E-state index contributed by atoms with van der Waals surface area (Å²) in [6.07, 6.45) is 9.32. The first-order valence-corrected chi connectivity index (χ1v) is 7.36. The first-order valence-electron chi connectivity index (χ1n) is 7.36. The molecule has 98 valence electrons. The highest BCUT2D eigenvalue weighted by Gasteiger charge is 2.54. The zero-order chi connectivity index (χ0) is 11.9. The van der Waals surface area contributed by atoms with Gasteiger partial charge in [-0.2, -0.15) is 0 Å². The highest BCUT2D eigenvalue weighted by atomic mass is 16.3. The SMILES string of the molecule is NCC1(C2(O)CCN3CCCC3C2)CCCC1. The van der Waals surface area contributed by atoms with Gasteiger partial charge in [-0.15, -0.1) is 0 Å². The second kappa shape index (κ2) is 4.22. The van der Waals surface area contributed by atoms with Crippen LogP contribution in [0.15, 0.2) is 0 Å². The quantitative estimate of drug-likeness (QED) is 0.766. The summed E-state index contributed by atoms with van der Waals surface area (Å²) in [6.45, 7) is 3.01. The third-order valence-electron chi connectivity index (χ3n) is 5.82. The van der Waals surface area contributed by atoms with E-state index in [1.807, 2.05) is 0 Å². The molecule has 3 fully saturated rings. The minimum atomic E-state index is -0.468. The van der Waals surface area contributed by atoms with Crippen molar-refractivity contribution in [3.63, 3.8) is 0 Å². The van der Waals surface area contributed by atoms with E-state index >= 15 is 0 Å². The second-order valence-electron chi connectivity index (χ2n) is 6.51. The van der Waals surface area contributed by atoms with Gasteiger partial charge in [0, 0.05) is 24.5 Å². The predicted molar refractivity (Wildman–Crippen MR) is 68.7 cm³/mol. The lowest BCUT2D eigenvalue weighted by molar-refractivity contribution is -0.125. The summed E-state index contributed by atoms with van der Waals surface area (Å²) in [5.74, 6) is 0. The molecule has 0 aromatic rings. The fraction of sp³-hybridized carbons (Fsp3) is 1.00. The Morgan fingerprint density at radius 3 is 2.59 bits per heavy atom. The minimum absolute atomic E-state index is 0.0433. The van der Waals surface area contributed by atoms with E-state index in [9.17, 15) is 5.11 Å². The van der Waals surface area contributed by atoms with E-state index in [0.29, 0.717) is 12.6 Å². The Kier molecular flexibility index (Phi) is 2.96.